The van der Waals surface area contributed by atoms with E-state index < -0.39 is 30.7 Å². The summed E-state index contributed by atoms with van der Waals surface area (Å²) in [6.07, 6.45) is -2.43. The molecule has 0 aromatic rings. The standard InChI is InChI=1S/C11H15F3N2O2/c1-7-9(17)15-5-3-2-4-8(15)10(18)16(7)6-11(12,13)14/h7-8H,2-6H2,1H3. The molecule has 2 amide bonds. The fourth-order valence-electron chi connectivity index (χ4n) is 2.62. The number of rotatable bonds is 1. The maximum Gasteiger partial charge on any atom is 0.406 e. The van der Waals surface area contributed by atoms with E-state index in [1.807, 2.05) is 0 Å². The van der Waals surface area contributed by atoms with Gasteiger partial charge >= 0.3 is 6.18 Å². The van der Waals surface area contributed by atoms with Gasteiger partial charge in [-0.1, -0.05) is 0 Å². The molecule has 0 N–H and O–H groups in total. The van der Waals surface area contributed by atoms with E-state index in [9.17, 15) is 22.8 Å². The summed E-state index contributed by atoms with van der Waals surface area (Å²) in [6.45, 7) is 0.485. The fourth-order valence-corrected chi connectivity index (χ4v) is 2.62. The van der Waals surface area contributed by atoms with Crippen LogP contribution in [0, 0.1) is 0 Å². The Morgan fingerprint density at radius 1 is 1.22 bits per heavy atom. The molecule has 0 bridgehead atoms. The zero-order chi connectivity index (χ0) is 13.5. The molecule has 0 aromatic carbocycles. The lowest BCUT2D eigenvalue weighted by Crippen LogP contribution is -2.66. The van der Waals surface area contributed by atoms with Crippen molar-refractivity contribution < 1.29 is 22.8 Å². The van der Waals surface area contributed by atoms with Crippen molar-refractivity contribution in [1.29, 1.82) is 0 Å². The second kappa shape index (κ2) is 4.44. The first-order chi connectivity index (χ1) is 8.31. The zero-order valence-electron chi connectivity index (χ0n) is 10.0. The molecule has 2 rings (SSSR count). The van der Waals surface area contributed by atoms with Gasteiger partial charge in [0, 0.05) is 6.54 Å². The van der Waals surface area contributed by atoms with Gasteiger partial charge in [-0.25, -0.2) is 0 Å². The maximum atomic E-state index is 12.4. The van der Waals surface area contributed by atoms with Crippen molar-refractivity contribution in [2.24, 2.45) is 0 Å². The van der Waals surface area contributed by atoms with E-state index in [1.54, 1.807) is 0 Å². The van der Waals surface area contributed by atoms with E-state index in [4.69, 9.17) is 0 Å². The Balaban J connectivity index is 2.21. The van der Waals surface area contributed by atoms with Crippen LogP contribution in [0.25, 0.3) is 0 Å². The normalized spacial score (nSPS) is 29.6. The Bertz CT molecular complexity index is 370. The molecule has 4 nitrogen and oxygen atoms in total. The van der Waals surface area contributed by atoms with E-state index in [0.29, 0.717) is 17.9 Å². The van der Waals surface area contributed by atoms with Crippen molar-refractivity contribution in [3.05, 3.63) is 0 Å². The Morgan fingerprint density at radius 3 is 2.50 bits per heavy atom. The molecule has 2 atom stereocenters. The average molecular weight is 264 g/mol. The van der Waals surface area contributed by atoms with Crippen molar-refractivity contribution in [3.8, 4) is 0 Å². The van der Waals surface area contributed by atoms with E-state index in [-0.39, 0.29) is 5.91 Å². The number of halogens is 3. The molecule has 0 saturated carbocycles. The lowest BCUT2D eigenvalue weighted by atomic mass is 9.96. The molecular formula is C11H15F3N2O2. The summed E-state index contributed by atoms with van der Waals surface area (Å²) in [6, 6.07) is -1.71. The molecule has 0 radical (unpaired) electrons. The number of carbonyl (C=O) groups excluding carboxylic acids is 2. The molecule has 0 aliphatic carbocycles. The molecule has 0 aromatic heterocycles. The van der Waals surface area contributed by atoms with Crippen molar-refractivity contribution in [2.75, 3.05) is 13.1 Å². The lowest BCUT2D eigenvalue weighted by Gasteiger charge is -2.46. The minimum atomic E-state index is -4.47. The first kappa shape index (κ1) is 13.2. The highest BCUT2D eigenvalue weighted by Gasteiger charge is 2.47. The molecule has 102 valence electrons. The lowest BCUT2D eigenvalue weighted by molar-refractivity contribution is -0.182. The predicted octanol–water partition coefficient (Wildman–Crippen LogP) is 1.16. The SMILES string of the molecule is CC1C(=O)N2CCCCC2C(=O)N1CC(F)(F)F. The monoisotopic (exact) mass is 264 g/mol. The minimum Gasteiger partial charge on any atom is -0.329 e. The Kier molecular flexibility index (Phi) is 3.25. The van der Waals surface area contributed by atoms with Crippen LogP contribution in [0.5, 0.6) is 0 Å². The summed E-state index contributed by atoms with van der Waals surface area (Å²) in [5.74, 6) is -0.942. The molecular weight excluding hydrogens is 249 g/mol. The third-order valence-corrected chi connectivity index (χ3v) is 3.53. The summed E-state index contributed by atoms with van der Waals surface area (Å²) < 4.78 is 37.3. The number of piperidine rings is 1. The van der Waals surface area contributed by atoms with Crippen LogP contribution in [0.1, 0.15) is 26.2 Å². The van der Waals surface area contributed by atoms with Gasteiger partial charge in [0.05, 0.1) is 0 Å². The molecule has 0 spiro atoms. The van der Waals surface area contributed by atoms with Crippen LogP contribution in [0.15, 0.2) is 0 Å². The Hall–Kier alpha value is -1.27. The topological polar surface area (TPSA) is 40.6 Å². The first-order valence-electron chi connectivity index (χ1n) is 5.99. The van der Waals surface area contributed by atoms with E-state index in [1.165, 1.54) is 11.8 Å². The third kappa shape index (κ3) is 2.30. The van der Waals surface area contributed by atoms with Crippen LogP contribution in [0.4, 0.5) is 13.2 Å². The highest BCUT2D eigenvalue weighted by atomic mass is 19.4. The summed E-state index contributed by atoms with van der Waals surface area (Å²) in [7, 11) is 0. The smallest absolute Gasteiger partial charge is 0.329 e. The number of fused-ring (bicyclic) bond motifs is 1. The largest absolute Gasteiger partial charge is 0.406 e. The second-order valence-corrected chi connectivity index (χ2v) is 4.80. The molecule has 2 fully saturated rings. The van der Waals surface area contributed by atoms with Crippen LogP contribution in [0.3, 0.4) is 0 Å². The van der Waals surface area contributed by atoms with Gasteiger partial charge in [-0.3, -0.25) is 9.59 Å². The van der Waals surface area contributed by atoms with Gasteiger partial charge in [0.1, 0.15) is 18.6 Å². The first-order valence-corrected chi connectivity index (χ1v) is 5.99. The molecule has 2 aliphatic heterocycles. The van der Waals surface area contributed by atoms with Crippen LogP contribution in [-0.2, 0) is 9.59 Å². The molecule has 18 heavy (non-hydrogen) atoms. The van der Waals surface area contributed by atoms with Gasteiger partial charge in [0.2, 0.25) is 11.8 Å². The van der Waals surface area contributed by atoms with Crippen LogP contribution in [0.2, 0.25) is 0 Å². The van der Waals surface area contributed by atoms with Crippen LogP contribution >= 0.6 is 0 Å². The molecule has 2 heterocycles. The number of carbonyl (C=O) groups is 2. The van der Waals surface area contributed by atoms with E-state index in [0.717, 1.165) is 12.8 Å². The summed E-state index contributed by atoms with van der Waals surface area (Å²) in [5, 5.41) is 0. The van der Waals surface area contributed by atoms with Crippen molar-refractivity contribution in [2.45, 2.75) is 44.4 Å². The van der Waals surface area contributed by atoms with E-state index in [2.05, 4.69) is 0 Å². The Labute approximate surface area is 103 Å². The van der Waals surface area contributed by atoms with Gasteiger partial charge in [0.15, 0.2) is 0 Å². The number of hydrogen-bond acceptors (Lipinski definition) is 2. The van der Waals surface area contributed by atoms with Gasteiger partial charge in [0.25, 0.3) is 0 Å². The van der Waals surface area contributed by atoms with Crippen LogP contribution in [-0.4, -0.2) is 53.0 Å². The van der Waals surface area contributed by atoms with E-state index >= 15 is 0 Å². The third-order valence-electron chi connectivity index (χ3n) is 3.53. The van der Waals surface area contributed by atoms with Gasteiger partial charge < -0.3 is 9.80 Å². The fraction of sp³-hybridized carbons (Fsp3) is 0.818. The van der Waals surface area contributed by atoms with Crippen molar-refractivity contribution in [3.63, 3.8) is 0 Å². The van der Waals surface area contributed by atoms with Crippen LogP contribution < -0.4 is 0 Å². The summed E-state index contributed by atoms with van der Waals surface area (Å²) in [5.41, 5.74) is 0. The average Bonchev–Trinajstić information content (AvgIpc) is 2.31. The number of hydrogen-bond donors (Lipinski definition) is 0. The van der Waals surface area contributed by atoms with Crippen molar-refractivity contribution >= 4 is 11.8 Å². The Morgan fingerprint density at radius 2 is 1.89 bits per heavy atom. The molecule has 2 saturated heterocycles. The predicted molar refractivity (Wildman–Crippen MR) is 56.6 cm³/mol. The number of amides is 2. The van der Waals surface area contributed by atoms with Gasteiger partial charge in [-0.2, -0.15) is 13.2 Å². The number of piperazine rings is 1. The molecule has 7 heteroatoms. The number of nitrogens with zero attached hydrogens (tertiary/aromatic N) is 2. The summed E-state index contributed by atoms with van der Waals surface area (Å²) >= 11 is 0. The highest BCUT2D eigenvalue weighted by Crippen LogP contribution is 2.28. The quantitative estimate of drug-likeness (QED) is 0.713. The summed E-state index contributed by atoms with van der Waals surface area (Å²) in [4.78, 5) is 26.1. The highest BCUT2D eigenvalue weighted by molar-refractivity contribution is 5.96. The minimum absolute atomic E-state index is 0.372. The van der Waals surface area contributed by atoms with Gasteiger partial charge in [-0.15, -0.1) is 0 Å². The molecule has 2 unspecified atom stereocenters. The van der Waals surface area contributed by atoms with Crippen molar-refractivity contribution in [1.82, 2.24) is 9.80 Å². The van der Waals surface area contributed by atoms with Gasteiger partial charge in [-0.05, 0) is 26.2 Å². The zero-order valence-corrected chi connectivity index (χ0v) is 10.0. The molecule has 2 aliphatic rings. The second-order valence-electron chi connectivity index (χ2n) is 4.80. The number of alkyl halides is 3. The maximum absolute atomic E-state index is 12.4.